The second kappa shape index (κ2) is 8.21. The first-order valence-electron chi connectivity index (χ1n) is 7.87. The van der Waals surface area contributed by atoms with Crippen molar-refractivity contribution in [1.29, 1.82) is 0 Å². The molecule has 26 heavy (non-hydrogen) atoms. The van der Waals surface area contributed by atoms with Crippen LogP contribution >= 0.6 is 11.8 Å². The lowest BCUT2D eigenvalue weighted by Gasteiger charge is -2.26. The maximum Gasteiger partial charge on any atom is 0.445 e. The van der Waals surface area contributed by atoms with E-state index in [1.54, 1.807) is 13.8 Å². The number of amides is 4. The van der Waals surface area contributed by atoms with Crippen molar-refractivity contribution >= 4 is 52.3 Å². The molecular formula is C15H20N5O5S+. The van der Waals surface area contributed by atoms with Gasteiger partial charge in [-0.25, -0.2) is 9.79 Å². The second-order valence-corrected chi connectivity index (χ2v) is 6.51. The lowest BCUT2D eigenvalue weighted by Crippen LogP contribution is -2.54. The van der Waals surface area contributed by atoms with Gasteiger partial charge >= 0.3 is 17.9 Å². The van der Waals surface area contributed by atoms with Crippen molar-refractivity contribution in [3.8, 4) is 0 Å². The monoisotopic (exact) mass is 382 g/mol. The van der Waals surface area contributed by atoms with E-state index in [-0.39, 0.29) is 18.9 Å². The minimum Gasteiger partial charge on any atom is -0.465 e. The average Bonchev–Trinajstić information content (AvgIpc) is 2.60. The predicted octanol–water partition coefficient (Wildman–Crippen LogP) is -0.522. The second-order valence-electron chi connectivity index (χ2n) is 5.51. The zero-order valence-electron chi connectivity index (χ0n) is 14.9. The van der Waals surface area contributed by atoms with Crippen LogP contribution in [-0.4, -0.2) is 83.0 Å². The summed E-state index contributed by atoms with van der Waals surface area (Å²) in [5, 5.41) is 2.82. The molecule has 0 aromatic carbocycles. The maximum absolute atomic E-state index is 12.5. The Hall–Kier alpha value is -2.56. The van der Waals surface area contributed by atoms with Crippen LogP contribution in [0.5, 0.6) is 0 Å². The molecule has 0 bridgehead atoms. The predicted molar refractivity (Wildman–Crippen MR) is 95.5 cm³/mol. The summed E-state index contributed by atoms with van der Waals surface area (Å²) < 4.78 is 6.03. The Bertz CT molecular complexity index is 758. The van der Waals surface area contributed by atoms with Crippen LogP contribution in [0.3, 0.4) is 0 Å². The Kier molecular flexibility index (Phi) is 6.24. The molecule has 10 nitrogen and oxygen atoms in total. The van der Waals surface area contributed by atoms with E-state index in [2.05, 4.69) is 15.3 Å². The number of carbonyl (C=O) groups excluding carboxylic acids is 4. The molecule has 1 unspecified atom stereocenters. The number of aliphatic imine (C=N–C) groups is 2. The SMILES string of the molecule is CCOC(=O)CNC(=O)CSC1=NC(C)=NC2=[N+](C)C(=O)N(C)C(=O)C12. The number of nitrogens with one attached hydrogen (secondary N) is 1. The highest BCUT2D eigenvalue weighted by Crippen LogP contribution is 2.24. The number of esters is 1. The fraction of sp³-hybridized carbons (Fsp3) is 0.533. The van der Waals surface area contributed by atoms with Crippen molar-refractivity contribution < 1.29 is 28.5 Å². The third kappa shape index (κ3) is 4.15. The van der Waals surface area contributed by atoms with Crippen molar-refractivity contribution in [3.05, 3.63) is 0 Å². The number of thioether (sulfide) groups is 1. The number of fused-ring (bicyclic) bond motifs is 1. The fourth-order valence-electron chi connectivity index (χ4n) is 2.37. The van der Waals surface area contributed by atoms with Gasteiger partial charge in [-0.05, 0) is 6.92 Å². The van der Waals surface area contributed by atoms with Gasteiger partial charge in [0.25, 0.3) is 5.84 Å². The highest BCUT2D eigenvalue weighted by Gasteiger charge is 2.48. The van der Waals surface area contributed by atoms with Crippen LogP contribution in [0.4, 0.5) is 4.79 Å². The molecule has 2 aliphatic heterocycles. The molecule has 0 saturated carbocycles. The molecule has 4 amide bonds. The van der Waals surface area contributed by atoms with Gasteiger partial charge in [-0.1, -0.05) is 16.8 Å². The van der Waals surface area contributed by atoms with Crippen molar-refractivity contribution in [1.82, 2.24) is 10.2 Å². The molecule has 11 heteroatoms. The van der Waals surface area contributed by atoms with E-state index in [4.69, 9.17) is 4.74 Å². The van der Waals surface area contributed by atoms with E-state index < -0.39 is 29.7 Å². The zero-order chi connectivity index (χ0) is 19.4. The molecule has 0 spiro atoms. The van der Waals surface area contributed by atoms with Gasteiger partial charge in [0.2, 0.25) is 11.7 Å². The normalized spacial score (nSPS) is 19.7. The summed E-state index contributed by atoms with van der Waals surface area (Å²) in [5.41, 5.74) is 0. The largest absolute Gasteiger partial charge is 0.465 e. The van der Waals surface area contributed by atoms with Crippen LogP contribution in [0.1, 0.15) is 13.8 Å². The molecule has 0 aromatic heterocycles. The van der Waals surface area contributed by atoms with E-state index >= 15 is 0 Å². The highest BCUT2D eigenvalue weighted by atomic mass is 32.2. The topological polar surface area (TPSA) is 121 Å². The molecule has 0 saturated heterocycles. The van der Waals surface area contributed by atoms with Crippen molar-refractivity contribution in [3.63, 3.8) is 0 Å². The number of urea groups is 1. The summed E-state index contributed by atoms with van der Waals surface area (Å²) in [6.45, 7) is 3.33. The number of amidine groups is 2. The maximum atomic E-state index is 12.5. The number of rotatable bonds is 5. The molecule has 2 rings (SSSR count). The van der Waals surface area contributed by atoms with E-state index in [0.717, 1.165) is 16.7 Å². The lowest BCUT2D eigenvalue weighted by molar-refractivity contribution is -0.407. The summed E-state index contributed by atoms with van der Waals surface area (Å²) in [6.07, 6.45) is 0. The quantitative estimate of drug-likeness (QED) is 0.504. The first-order valence-corrected chi connectivity index (χ1v) is 8.85. The van der Waals surface area contributed by atoms with Crippen LogP contribution in [0.15, 0.2) is 9.98 Å². The summed E-state index contributed by atoms with van der Waals surface area (Å²) >= 11 is 1.07. The molecule has 0 radical (unpaired) electrons. The van der Waals surface area contributed by atoms with Gasteiger partial charge in [0, 0.05) is 6.92 Å². The minimum absolute atomic E-state index is 0.0377. The number of carbonyl (C=O) groups is 4. The number of nitrogens with zero attached hydrogens (tertiary/aromatic N) is 4. The zero-order valence-corrected chi connectivity index (χ0v) is 15.8. The minimum atomic E-state index is -0.825. The smallest absolute Gasteiger partial charge is 0.445 e. The third-order valence-electron chi connectivity index (χ3n) is 3.63. The Morgan fingerprint density at radius 1 is 1.35 bits per heavy atom. The van der Waals surface area contributed by atoms with E-state index in [1.807, 2.05) is 0 Å². The summed E-state index contributed by atoms with van der Waals surface area (Å²) in [5.74, 6) is -1.55. The van der Waals surface area contributed by atoms with E-state index in [0.29, 0.717) is 16.7 Å². The van der Waals surface area contributed by atoms with Gasteiger partial charge in [0.05, 0.1) is 26.5 Å². The number of hydrogen-bond donors (Lipinski definition) is 1. The van der Waals surface area contributed by atoms with E-state index in [9.17, 15) is 19.2 Å². The molecule has 0 aromatic rings. The third-order valence-corrected chi connectivity index (χ3v) is 4.66. The van der Waals surface area contributed by atoms with Crippen LogP contribution < -0.4 is 5.32 Å². The number of imide groups is 1. The average molecular weight is 382 g/mol. The molecule has 2 aliphatic rings. The van der Waals surface area contributed by atoms with Gasteiger partial charge in [0.1, 0.15) is 11.6 Å². The first kappa shape index (κ1) is 19.8. The van der Waals surface area contributed by atoms with Crippen molar-refractivity contribution in [2.45, 2.75) is 13.8 Å². The number of hydrogen-bond acceptors (Lipinski definition) is 8. The first-order chi connectivity index (χ1) is 12.3. The molecule has 1 atom stereocenters. The van der Waals surface area contributed by atoms with Crippen LogP contribution in [0.25, 0.3) is 0 Å². The van der Waals surface area contributed by atoms with Crippen LogP contribution in [-0.2, 0) is 19.1 Å². The Morgan fingerprint density at radius 3 is 2.69 bits per heavy atom. The van der Waals surface area contributed by atoms with Gasteiger partial charge in [-0.15, -0.1) is 0 Å². The Labute approximate surface area is 154 Å². The molecule has 2 heterocycles. The van der Waals surface area contributed by atoms with Crippen LogP contribution in [0, 0.1) is 5.92 Å². The highest BCUT2D eigenvalue weighted by molar-refractivity contribution is 8.14. The standard InChI is InChI=1S/C15H19N5O5S/c1-5-25-10(22)6-16-9(21)7-26-13-11-12(17-8(2)18-13)19(3)15(24)20(4)14(11)23/h11H,5-7H2,1-4H3/p+1. The van der Waals surface area contributed by atoms with Crippen molar-refractivity contribution in [2.24, 2.45) is 15.9 Å². The van der Waals surface area contributed by atoms with Gasteiger partial charge < -0.3 is 10.1 Å². The summed E-state index contributed by atoms with van der Waals surface area (Å²) in [4.78, 5) is 57.2. The molecule has 0 aliphatic carbocycles. The summed E-state index contributed by atoms with van der Waals surface area (Å²) in [6, 6.07) is -0.476. The summed E-state index contributed by atoms with van der Waals surface area (Å²) in [7, 11) is 2.92. The van der Waals surface area contributed by atoms with Crippen LogP contribution in [0.2, 0.25) is 0 Å². The van der Waals surface area contributed by atoms with Crippen molar-refractivity contribution in [2.75, 3.05) is 33.0 Å². The molecule has 0 fully saturated rings. The fourth-order valence-corrected chi connectivity index (χ4v) is 3.32. The molecular weight excluding hydrogens is 362 g/mol. The lowest BCUT2D eigenvalue weighted by atomic mass is 10.1. The molecule has 140 valence electrons. The van der Waals surface area contributed by atoms with E-state index in [1.165, 1.54) is 18.7 Å². The van der Waals surface area contributed by atoms with Gasteiger partial charge in [0.15, 0.2) is 5.92 Å². The Morgan fingerprint density at radius 2 is 2.04 bits per heavy atom. The van der Waals surface area contributed by atoms with Gasteiger partial charge in [-0.3, -0.25) is 14.4 Å². The number of ether oxygens (including phenoxy) is 1. The van der Waals surface area contributed by atoms with Gasteiger partial charge in [-0.2, -0.15) is 9.48 Å². The molecule has 1 N–H and O–H groups in total. The Balaban J connectivity index is 2.08.